The van der Waals surface area contributed by atoms with E-state index in [1.54, 1.807) is 18.0 Å². The maximum absolute atomic E-state index is 13.0. The first-order chi connectivity index (χ1) is 21.9. The van der Waals surface area contributed by atoms with Gasteiger partial charge in [0, 0.05) is 35.2 Å². The molecule has 0 saturated carbocycles. The standard InChI is InChI=1S/C34H35F3N6O2S/c1-21(2)29-15-6-22(3)18-30(29)43-24(5)16-17-46-33(43)40-32(44)38-19-23(4)25-7-9-26(10-8-25)31-39-20-42(41-31)27-11-13-28(14-12-27)45-34(35,36)37/h6-15,18-21,23-24H,16-17H2,1-5H3. The lowest BCUT2D eigenvalue weighted by Crippen LogP contribution is -2.42. The van der Waals surface area contributed by atoms with Crippen molar-refractivity contribution in [3.8, 4) is 22.8 Å². The largest absolute Gasteiger partial charge is 0.573 e. The van der Waals surface area contributed by atoms with Gasteiger partial charge in [-0.05, 0) is 73.2 Å². The fourth-order valence-corrected chi connectivity index (χ4v) is 6.32. The number of carbonyl (C=O) groups excluding carboxylic acids is 1. The molecule has 2 unspecified atom stereocenters. The third-order valence-electron chi connectivity index (χ3n) is 7.60. The lowest BCUT2D eigenvalue weighted by Gasteiger charge is -2.37. The van der Waals surface area contributed by atoms with Crippen molar-refractivity contribution < 1.29 is 22.7 Å². The Morgan fingerprint density at radius 3 is 2.46 bits per heavy atom. The van der Waals surface area contributed by atoms with E-state index in [-0.39, 0.29) is 17.7 Å². The SMILES string of the molecule is Cc1ccc(C(C)C)c(N2C(=NC(=O)N=CC(C)c3ccc(-c4ncn(-c5ccc(OC(F)(F)F)cc5)n4)cc3)SCCC2C)c1. The van der Waals surface area contributed by atoms with Crippen LogP contribution in [0.5, 0.6) is 5.75 Å². The van der Waals surface area contributed by atoms with Crippen LogP contribution >= 0.6 is 11.8 Å². The van der Waals surface area contributed by atoms with Gasteiger partial charge in [-0.25, -0.2) is 19.5 Å². The number of benzene rings is 3. The summed E-state index contributed by atoms with van der Waals surface area (Å²) in [6.45, 7) is 10.5. The fourth-order valence-electron chi connectivity index (χ4n) is 5.11. The Morgan fingerprint density at radius 1 is 1.07 bits per heavy atom. The molecule has 2 amide bonds. The monoisotopic (exact) mass is 648 g/mol. The van der Waals surface area contributed by atoms with Crippen molar-refractivity contribution in [1.29, 1.82) is 0 Å². The normalized spacial score (nSPS) is 17.2. The van der Waals surface area contributed by atoms with Crippen LogP contribution in [0.3, 0.4) is 0 Å². The Kier molecular flexibility index (Phi) is 9.95. The molecule has 1 aliphatic heterocycles. The van der Waals surface area contributed by atoms with Crippen LogP contribution < -0.4 is 9.64 Å². The maximum Gasteiger partial charge on any atom is 0.573 e. The zero-order valence-electron chi connectivity index (χ0n) is 26.2. The van der Waals surface area contributed by atoms with Crippen molar-refractivity contribution in [3.63, 3.8) is 0 Å². The van der Waals surface area contributed by atoms with Crippen molar-refractivity contribution >= 4 is 34.9 Å². The van der Waals surface area contributed by atoms with Gasteiger partial charge in [-0.2, -0.15) is 4.99 Å². The van der Waals surface area contributed by atoms with E-state index in [4.69, 9.17) is 0 Å². The molecule has 12 heteroatoms. The molecule has 3 aromatic carbocycles. The molecule has 0 aliphatic carbocycles. The zero-order valence-corrected chi connectivity index (χ0v) is 27.0. The lowest BCUT2D eigenvalue weighted by molar-refractivity contribution is -0.274. The zero-order chi connectivity index (χ0) is 33.0. The van der Waals surface area contributed by atoms with Gasteiger partial charge in [-0.15, -0.1) is 18.3 Å². The number of carbonyl (C=O) groups is 1. The molecule has 1 saturated heterocycles. The van der Waals surface area contributed by atoms with Gasteiger partial charge in [0.1, 0.15) is 12.1 Å². The fraction of sp³-hybridized carbons (Fsp3) is 0.324. The molecule has 8 nitrogen and oxygen atoms in total. The first kappa shape index (κ1) is 32.9. The number of aryl methyl sites for hydroxylation is 1. The Morgan fingerprint density at radius 2 is 1.78 bits per heavy atom. The van der Waals surface area contributed by atoms with E-state index in [0.29, 0.717) is 22.6 Å². The summed E-state index contributed by atoms with van der Waals surface area (Å²) >= 11 is 1.58. The van der Waals surface area contributed by atoms with E-state index in [9.17, 15) is 18.0 Å². The number of ether oxygens (including phenoxy) is 1. The molecule has 0 N–H and O–H groups in total. The molecule has 5 rings (SSSR count). The van der Waals surface area contributed by atoms with E-state index < -0.39 is 12.4 Å². The van der Waals surface area contributed by atoms with E-state index in [1.165, 1.54) is 40.8 Å². The summed E-state index contributed by atoms with van der Waals surface area (Å²) in [6.07, 6.45) is -0.673. The molecule has 240 valence electrons. The highest BCUT2D eigenvalue weighted by molar-refractivity contribution is 8.14. The van der Waals surface area contributed by atoms with E-state index >= 15 is 0 Å². The number of aromatic nitrogens is 3. The van der Waals surface area contributed by atoms with E-state index in [1.807, 2.05) is 31.2 Å². The summed E-state index contributed by atoms with van der Waals surface area (Å²) < 4.78 is 42.7. The molecular weight excluding hydrogens is 613 g/mol. The van der Waals surface area contributed by atoms with Gasteiger partial charge in [-0.3, -0.25) is 0 Å². The van der Waals surface area contributed by atoms with Gasteiger partial charge in [0.25, 0.3) is 0 Å². The minimum absolute atomic E-state index is 0.153. The number of halogens is 3. The second kappa shape index (κ2) is 13.9. The van der Waals surface area contributed by atoms with Crippen molar-refractivity contribution in [2.24, 2.45) is 9.98 Å². The Hall–Kier alpha value is -4.45. The predicted molar refractivity (Wildman–Crippen MR) is 177 cm³/mol. The number of amidine groups is 1. The third kappa shape index (κ3) is 8.03. The average molecular weight is 649 g/mol. The second-order valence-corrected chi connectivity index (χ2v) is 12.6. The highest BCUT2D eigenvalue weighted by atomic mass is 32.2. The van der Waals surface area contributed by atoms with E-state index in [0.717, 1.165) is 34.6 Å². The number of nitrogens with zero attached hydrogens (tertiary/aromatic N) is 6. The molecule has 2 heterocycles. The molecule has 2 atom stereocenters. The number of thioether (sulfide) groups is 1. The Balaban J connectivity index is 1.26. The van der Waals surface area contributed by atoms with Crippen LogP contribution in [0.2, 0.25) is 0 Å². The van der Waals surface area contributed by atoms with Gasteiger partial charge < -0.3 is 9.64 Å². The van der Waals surface area contributed by atoms with Crippen LogP contribution in [0.1, 0.15) is 62.6 Å². The first-order valence-electron chi connectivity index (χ1n) is 15.0. The topological polar surface area (TPSA) is 85.0 Å². The van der Waals surface area contributed by atoms with Crippen molar-refractivity contribution in [1.82, 2.24) is 14.8 Å². The second-order valence-electron chi connectivity index (χ2n) is 11.5. The molecule has 0 bridgehead atoms. The first-order valence-corrected chi connectivity index (χ1v) is 15.9. The molecular formula is C34H35F3N6O2S. The quantitative estimate of drug-likeness (QED) is 0.186. The summed E-state index contributed by atoms with van der Waals surface area (Å²) in [7, 11) is 0. The lowest BCUT2D eigenvalue weighted by atomic mass is 9.98. The number of alkyl halides is 3. The Bertz CT molecular complexity index is 1730. The maximum atomic E-state index is 13.0. The van der Waals surface area contributed by atoms with Crippen molar-refractivity contribution in [2.45, 2.75) is 65.3 Å². The van der Waals surface area contributed by atoms with Crippen LogP contribution in [-0.2, 0) is 0 Å². The number of amides is 2. The smallest absolute Gasteiger partial charge is 0.406 e. The molecule has 0 radical (unpaired) electrons. The van der Waals surface area contributed by atoms with Crippen LogP contribution in [0.25, 0.3) is 17.1 Å². The van der Waals surface area contributed by atoms with Gasteiger partial charge in [0.2, 0.25) is 0 Å². The van der Waals surface area contributed by atoms with Crippen LogP contribution in [0.4, 0.5) is 23.7 Å². The number of hydrogen-bond acceptors (Lipinski definition) is 5. The van der Waals surface area contributed by atoms with Crippen LogP contribution in [0.15, 0.2) is 83.0 Å². The van der Waals surface area contributed by atoms with Crippen molar-refractivity contribution in [3.05, 3.63) is 89.7 Å². The highest BCUT2D eigenvalue weighted by Gasteiger charge is 2.31. The van der Waals surface area contributed by atoms with Crippen LogP contribution in [0, 0.1) is 6.92 Å². The number of aliphatic imine (C=N–C) groups is 2. The third-order valence-corrected chi connectivity index (χ3v) is 8.59. The summed E-state index contributed by atoms with van der Waals surface area (Å²) in [5.74, 6) is 1.19. The molecule has 46 heavy (non-hydrogen) atoms. The van der Waals surface area contributed by atoms with Gasteiger partial charge in [-0.1, -0.05) is 68.9 Å². The number of anilines is 1. The van der Waals surface area contributed by atoms with E-state index in [2.05, 4.69) is 75.6 Å². The van der Waals surface area contributed by atoms with Crippen LogP contribution in [-0.4, -0.2) is 50.3 Å². The van der Waals surface area contributed by atoms with Crippen molar-refractivity contribution in [2.75, 3.05) is 10.7 Å². The average Bonchev–Trinajstić information content (AvgIpc) is 3.50. The molecule has 1 aliphatic rings. The minimum atomic E-state index is -4.75. The Labute approximate surface area is 270 Å². The number of hydrogen-bond donors (Lipinski definition) is 0. The van der Waals surface area contributed by atoms with Gasteiger partial charge >= 0.3 is 12.4 Å². The summed E-state index contributed by atoms with van der Waals surface area (Å²) in [5.41, 5.74) is 5.69. The van der Waals surface area contributed by atoms with Gasteiger partial charge in [0.05, 0.1) is 5.69 Å². The highest BCUT2D eigenvalue weighted by Crippen LogP contribution is 2.35. The molecule has 1 aromatic heterocycles. The van der Waals surface area contributed by atoms with Gasteiger partial charge in [0.15, 0.2) is 11.0 Å². The predicted octanol–water partition coefficient (Wildman–Crippen LogP) is 8.95. The summed E-state index contributed by atoms with van der Waals surface area (Å²) in [5, 5.41) is 5.12. The number of urea groups is 1. The number of rotatable bonds is 7. The molecule has 1 fully saturated rings. The minimum Gasteiger partial charge on any atom is -0.406 e. The summed E-state index contributed by atoms with van der Waals surface area (Å²) in [6, 6.07) is 19.0. The molecule has 0 spiro atoms. The molecule has 4 aromatic rings. The summed E-state index contributed by atoms with van der Waals surface area (Å²) in [4.78, 5) is 28.1.